The highest BCUT2D eigenvalue weighted by Crippen LogP contribution is 2.15. The first kappa shape index (κ1) is 14.5. The topological polar surface area (TPSA) is 66.8 Å². The smallest absolute Gasteiger partial charge is 0.335 e. The van der Waals surface area contributed by atoms with Crippen molar-refractivity contribution in [1.29, 1.82) is 0 Å². The van der Waals surface area contributed by atoms with Crippen LogP contribution in [0.5, 0.6) is 0 Å². The number of carboxylic acid groups (broad SMARTS) is 1. The highest BCUT2D eigenvalue weighted by atomic mass is 16.5. The van der Waals surface area contributed by atoms with Crippen LogP contribution in [0, 0.1) is 0 Å². The average Bonchev–Trinajstić information content (AvgIpc) is 2.97. The van der Waals surface area contributed by atoms with Gasteiger partial charge in [-0.3, -0.25) is 4.79 Å². The quantitative estimate of drug-likeness (QED) is 0.894. The van der Waals surface area contributed by atoms with Gasteiger partial charge in [0.1, 0.15) is 0 Å². The third-order valence-electron chi connectivity index (χ3n) is 3.50. The number of carboxylic acids is 1. The summed E-state index contributed by atoms with van der Waals surface area (Å²) in [6, 6.07) is 6.03. The van der Waals surface area contributed by atoms with Crippen LogP contribution < -0.4 is 0 Å². The summed E-state index contributed by atoms with van der Waals surface area (Å²) in [5.74, 6) is -1.07. The van der Waals surface area contributed by atoms with Gasteiger partial charge in [0.05, 0.1) is 11.7 Å². The fraction of sp³-hybridized carbons (Fsp3) is 0.467. The molecule has 0 spiro atoms. The van der Waals surface area contributed by atoms with Gasteiger partial charge in [0.15, 0.2) is 0 Å². The standard InChI is InChI=1S/C15H19NO4/c1-2-16(10-13-4-3-9-20-13)14(17)11-5-7-12(8-6-11)15(18)19/h5-8,13H,2-4,9-10H2,1H3,(H,18,19). The second kappa shape index (κ2) is 6.52. The lowest BCUT2D eigenvalue weighted by Gasteiger charge is -2.24. The molecule has 0 aliphatic carbocycles. The lowest BCUT2D eigenvalue weighted by atomic mass is 10.1. The van der Waals surface area contributed by atoms with Crippen molar-refractivity contribution in [2.75, 3.05) is 19.7 Å². The number of nitrogens with zero attached hydrogens (tertiary/aromatic N) is 1. The van der Waals surface area contributed by atoms with Crippen LogP contribution in [0.25, 0.3) is 0 Å². The Labute approximate surface area is 118 Å². The first-order valence-electron chi connectivity index (χ1n) is 6.86. The molecule has 1 amide bonds. The normalized spacial score (nSPS) is 17.9. The summed E-state index contributed by atoms with van der Waals surface area (Å²) >= 11 is 0. The minimum atomic E-state index is -0.990. The molecule has 5 nitrogen and oxygen atoms in total. The van der Waals surface area contributed by atoms with Gasteiger partial charge in [-0.15, -0.1) is 0 Å². The summed E-state index contributed by atoms with van der Waals surface area (Å²) in [5, 5.41) is 8.85. The number of carbonyl (C=O) groups is 2. The molecular weight excluding hydrogens is 258 g/mol. The average molecular weight is 277 g/mol. The van der Waals surface area contributed by atoms with E-state index in [1.807, 2.05) is 6.92 Å². The van der Waals surface area contributed by atoms with E-state index >= 15 is 0 Å². The Hall–Kier alpha value is -1.88. The van der Waals surface area contributed by atoms with Gasteiger partial charge in [-0.1, -0.05) is 0 Å². The van der Waals surface area contributed by atoms with Crippen LogP contribution in [0.15, 0.2) is 24.3 Å². The molecule has 1 aromatic carbocycles. The van der Waals surface area contributed by atoms with Gasteiger partial charge in [-0.2, -0.15) is 0 Å². The van der Waals surface area contributed by atoms with Crippen molar-refractivity contribution in [2.24, 2.45) is 0 Å². The summed E-state index contributed by atoms with van der Waals surface area (Å²) in [6.07, 6.45) is 2.16. The van der Waals surface area contributed by atoms with E-state index in [1.165, 1.54) is 12.1 Å². The number of benzene rings is 1. The second-order valence-electron chi connectivity index (χ2n) is 4.86. The molecule has 2 rings (SSSR count). The van der Waals surface area contributed by atoms with Crippen LogP contribution in [-0.2, 0) is 4.74 Å². The van der Waals surface area contributed by atoms with Crippen LogP contribution >= 0.6 is 0 Å². The number of amides is 1. The maximum atomic E-state index is 12.4. The Morgan fingerprint density at radius 3 is 2.45 bits per heavy atom. The van der Waals surface area contributed by atoms with E-state index in [1.54, 1.807) is 17.0 Å². The van der Waals surface area contributed by atoms with Crippen LogP contribution in [0.3, 0.4) is 0 Å². The first-order valence-corrected chi connectivity index (χ1v) is 6.86. The van der Waals surface area contributed by atoms with Crippen molar-refractivity contribution >= 4 is 11.9 Å². The van der Waals surface area contributed by atoms with E-state index in [2.05, 4.69) is 0 Å². The number of aromatic carboxylic acids is 1. The minimum Gasteiger partial charge on any atom is -0.478 e. The molecule has 0 radical (unpaired) electrons. The maximum absolute atomic E-state index is 12.4. The van der Waals surface area contributed by atoms with E-state index in [9.17, 15) is 9.59 Å². The maximum Gasteiger partial charge on any atom is 0.335 e. The Balaban J connectivity index is 2.05. The number of carbonyl (C=O) groups excluding carboxylic acids is 1. The first-order chi connectivity index (χ1) is 9.61. The largest absolute Gasteiger partial charge is 0.478 e. The number of ether oxygens (including phenoxy) is 1. The summed E-state index contributed by atoms with van der Waals surface area (Å²) in [6.45, 7) is 3.90. The lowest BCUT2D eigenvalue weighted by molar-refractivity contribution is 0.0538. The second-order valence-corrected chi connectivity index (χ2v) is 4.86. The zero-order chi connectivity index (χ0) is 14.5. The van der Waals surface area contributed by atoms with Crippen molar-refractivity contribution in [3.8, 4) is 0 Å². The van der Waals surface area contributed by atoms with E-state index in [0.29, 0.717) is 18.7 Å². The SMILES string of the molecule is CCN(CC1CCCO1)C(=O)c1ccc(C(=O)O)cc1. The third kappa shape index (κ3) is 3.36. The highest BCUT2D eigenvalue weighted by Gasteiger charge is 2.22. The molecule has 1 heterocycles. The molecule has 0 bridgehead atoms. The number of hydrogen-bond acceptors (Lipinski definition) is 3. The lowest BCUT2D eigenvalue weighted by Crippen LogP contribution is -2.37. The Morgan fingerprint density at radius 2 is 1.95 bits per heavy atom. The molecule has 0 aromatic heterocycles. The van der Waals surface area contributed by atoms with Crippen LogP contribution in [0.2, 0.25) is 0 Å². The molecule has 1 aromatic rings. The van der Waals surface area contributed by atoms with E-state index in [4.69, 9.17) is 9.84 Å². The molecule has 5 heteroatoms. The van der Waals surface area contributed by atoms with E-state index < -0.39 is 5.97 Å². The summed E-state index contributed by atoms with van der Waals surface area (Å²) in [7, 11) is 0. The summed E-state index contributed by atoms with van der Waals surface area (Å²) in [4.78, 5) is 24.9. The van der Waals surface area contributed by atoms with Gasteiger partial charge in [-0.05, 0) is 44.0 Å². The molecule has 0 saturated carbocycles. The summed E-state index contributed by atoms with van der Waals surface area (Å²) in [5.41, 5.74) is 0.693. The fourth-order valence-corrected chi connectivity index (χ4v) is 2.33. The molecule has 20 heavy (non-hydrogen) atoms. The van der Waals surface area contributed by atoms with Crippen molar-refractivity contribution in [3.63, 3.8) is 0 Å². The molecule has 108 valence electrons. The fourth-order valence-electron chi connectivity index (χ4n) is 2.33. The van der Waals surface area contributed by atoms with E-state index in [0.717, 1.165) is 19.4 Å². The van der Waals surface area contributed by atoms with Crippen LogP contribution in [0.1, 0.15) is 40.5 Å². The molecule has 1 aliphatic heterocycles. The van der Waals surface area contributed by atoms with Gasteiger partial charge in [0.2, 0.25) is 0 Å². The van der Waals surface area contributed by atoms with Gasteiger partial charge in [-0.25, -0.2) is 4.79 Å². The minimum absolute atomic E-state index is 0.0834. The zero-order valence-corrected chi connectivity index (χ0v) is 11.5. The van der Waals surface area contributed by atoms with Gasteiger partial charge < -0.3 is 14.7 Å². The molecular formula is C15H19NO4. The molecule has 1 atom stereocenters. The van der Waals surface area contributed by atoms with Crippen molar-refractivity contribution in [1.82, 2.24) is 4.90 Å². The number of likely N-dealkylation sites (N-methyl/N-ethyl adjacent to an activating group) is 1. The predicted octanol–water partition coefficient (Wildman–Crippen LogP) is 2.03. The van der Waals surface area contributed by atoms with Gasteiger partial charge >= 0.3 is 5.97 Å². The Bertz CT molecular complexity index is 477. The molecule has 1 fully saturated rings. The van der Waals surface area contributed by atoms with Crippen molar-refractivity contribution in [3.05, 3.63) is 35.4 Å². The highest BCUT2D eigenvalue weighted by molar-refractivity contribution is 5.95. The van der Waals surface area contributed by atoms with Crippen molar-refractivity contribution < 1.29 is 19.4 Å². The number of hydrogen-bond donors (Lipinski definition) is 1. The monoisotopic (exact) mass is 277 g/mol. The van der Waals surface area contributed by atoms with Gasteiger partial charge in [0.25, 0.3) is 5.91 Å². The van der Waals surface area contributed by atoms with E-state index in [-0.39, 0.29) is 17.6 Å². The van der Waals surface area contributed by atoms with Crippen LogP contribution in [0.4, 0.5) is 0 Å². The zero-order valence-electron chi connectivity index (χ0n) is 11.5. The van der Waals surface area contributed by atoms with Gasteiger partial charge in [0, 0.05) is 25.3 Å². The molecule has 1 N–H and O–H groups in total. The number of rotatable bonds is 5. The molecule has 1 saturated heterocycles. The van der Waals surface area contributed by atoms with Crippen LogP contribution in [-0.4, -0.2) is 47.7 Å². The predicted molar refractivity (Wildman–Crippen MR) is 74.0 cm³/mol. The van der Waals surface area contributed by atoms with Crippen molar-refractivity contribution in [2.45, 2.75) is 25.9 Å². The Morgan fingerprint density at radius 1 is 1.30 bits per heavy atom. The molecule has 1 unspecified atom stereocenters. The molecule has 1 aliphatic rings. The Kier molecular flexibility index (Phi) is 4.74. The summed E-state index contributed by atoms with van der Waals surface area (Å²) < 4.78 is 5.55. The third-order valence-corrected chi connectivity index (χ3v) is 3.50.